The van der Waals surface area contributed by atoms with Crippen LogP contribution in [0.4, 0.5) is 17.6 Å². The van der Waals surface area contributed by atoms with E-state index in [1.165, 1.54) is 31.0 Å². The minimum atomic E-state index is -4.92. The van der Waals surface area contributed by atoms with Crippen molar-refractivity contribution in [2.24, 2.45) is 16.7 Å². The van der Waals surface area contributed by atoms with E-state index in [1.54, 1.807) is 18.2 Å². The summed E-state index contributed by atoms with van der Waals surface area (Å²) >= 11 is 12.9. The number of benzene rings is 1. The van der Waals surface area contributed by atoms with E-state index in [9.17, 15) is 46.7 Å². The van der Waals surface area contributed by atoms with Gasteiger partial charge in [-0.15, -0.1) is 0 Å². The number of carbonyl (C=O) groups excluding carboxylic acids is 7. The van der Waals surface area contributed by atoms with Crippen LogP contribution in [0.5, 0.6) is 0 Å². The molecule has 68 heavy (non-hydrogen) atoms. The highest BCUT2D eigenvalue weighted by molar-refractivity contribution is 6.33. The Balaban J connectivity index is 1.26. The van der Waals surface area contributed by atoms with Crippen LogP contribution in [0.25, 0.3) is 0 Å². The van der Waals surface area contributed by atoms with Crippen molar-refractivity contribution in [2.75, 3.05) is 47.4 Å². The lowest BCUT2D eigenvalue weighted by Crippen LogP contribution is -2.66. The zero-order valence-electron chi connectivity index (χ0n) is 39.4. The molecule has 15 nitrogen and oxygen atoms in total. The van der Waals surface area contributed by atoms with Crippen molar-refractivity contribution in [3.8, 4) is 0 Å². The van der Waals surface area contributed by atoms with E-state index < -0.39 is 121 Å². The highest BCUT2D eigenvalue weighted by atomic mass is 35.5. The lowest BCUT2D eigenvalue weighted by Gasteiger charge is -2.60. The Labute approximate surface area is 405 Å². The molecule has 3 aliphatic heterocycles. The summed E-state index contributed by atoms with van der Waals surface area (Å²) in [5.41, 5.74) is -2.84. The first-order chi connectivity index (χ1) is 32.0. The van der Waals surface area contributed by atoms with Crippen LogP contribution in [0, 0.1) is 16.7 Å². The summed E-state index contributed by atoms with van der Waals surface area (Å²) in [5, 5.41) is 8.96. The number of likely N-dealkylation sites (tertiary alicyclic amines) is 1. The largest absolute Gasteiger partial charge is 0.403 e. The van der Waals surface area contributed by atoms with E-state index in [1.807, 2.05) is 13.8 Å². The average Bonchev–Trinajstić information content (AvgIpc) is 3.90. The van der Waals surface area contributed by atoms with Crippen molar-refractivity contribution >= 4 is 64.6 Å². The van der Waals surface area contributed by atoms with Gasteiger partial charge in [0, 0.05) is 63.8 Å². The Morgan fingerprint density at radius 1 is 1.00 bits per heavy atom. The van der Waals surface area contributed by atoms with Gasteiger partial charge in [-0.1, -0.05) is 43.5 Å². The first-order valence-corrected chi connectivity index (χ1v) is 24.5. The quantitative estimate of drug-likeness (QED) is 0.246. The van der Waals surface area contributed by atoms with Gasteiger partial charge in [-0.3, -0.25) is 33.6 Å². The number of ether oxygens (including phenoxy) is 1. The van der Waals surface area contributed by atoms with Crippen molar-refractivity contribution in [1.29, 1.82) is 0 Å². The molecule has 0 radical (unpaired) electrons. The van der Waals surface area contributed by atoms with Crippen LogP contribution < -0.4 is 16.0 Å². The molecule has 3 N–H and O–H groups in total. The average molecular weight is 1000 g/mol. The molecule has 7 amide bonds. The molecule has 0 aromatic heterocycles. The maximum Gasteiger partial charge on any atom is 0.403 e. The summed E-state index contributed by atoms with van der Waals surface area (Å²) in [7, 11) is 4.13. The van der Waals surface area contributed by atoms with Gasteiger partial charge in [0.15, 0.2) is 0 Å². The van der Waals surface area contributed by atoms with Gasteiger partial charge < -0.3 is 40.3 Å². The summed E-state index contributed by atoms with van der Waals surface area (Å²) in [6, 6.07) is -2.76. The van der Waals surface area contributed by atoms with Crippen LogP contribution in [0.15, 0.2) is 18.2 Å². The number of alkyl halides is 4. The maximum absolute atomic E-state index is 15.1. The number of amides is 7. The number of nitrogens with one attached hydrogen (secondary N) is 3. The fourth-order valence-corrected chi connectivity index (χ4v) is 11.3. The smallest absolute Gasteiger partial charge is 0.385 e. The number of fused-ring (bicyclic) bond motifs is 1. The van der Waals surface area contributed by atoms with Gasteiger partial charge in [-0.25, -0.2) is 4.39 Å². The molecule has 378 valence electrons. The number of methoxy groups -OCH3 is 1. The second-order valence-corrected chi connectivity index (χ2v) is 20.8. The van der Waals surface area contributed by atoms with Gasteiger partial charge in [0.05, 0.1) is 6.54 Å². The molecule has 5 fully saturated rings. The minimum Gasteiger partial charge on any atom is -0.385 e. The zero-order valence-corrected chi connectivity index (χ0v) is 40.9. The van der Waals surface area contributed by atoms with Crippen molar-refractivity contribution in [3.05, 3.63) is 33.8 Å². The second kappa shape index (κ2) is 21.8. The third-order valence-corrected chi connectivity index (χ3v) is 15.4. The number of rotatable bonds is 12. The summed E-state index contributed by atoms with van der Waals surface area (Å²) in [4.78, 5) is 104. The molecular weight excluding hydrogens is 937 g/mol. The third kappa shape index (κ3) is 11.3. The van der Waals surface area contributed by atoms with Crippen LogP contribution in [0.3, 0.4) is 0 Å². The highest BCUT2D eigenvalue weighted by Gasteiger charge is 2.73. The van der Waals surface area contributed by atoms with Crippen LogP contribution in [0.2, 0.25) is 10.0 Å². The summed E-state index contributed by atoms with van der Waals surface area (Å²) in [5.74, 6) is -5.53. The fraction of sp³-hybridized carbons (Fsp3) is 0.723. The molecule has 6 rings (SSSR count). The van der Waals surface area contributed by atoms with Crippen molar-refractivity contribution in [3.63, 3.8) is 0 Å². The summed E-state index contributed by atoms with van der Waals surface area (Å²) in [6.07, 6.45) is -4.71. The fourth-order valence-electron chi connectivity index (χ4n) is 10.9. The Bertz CT molecular complexity index is 2070. The molecule has 0 unspecified atom stereocenters. The van der Waals surface area contributed by atoms with Crippen LogP contribution in [-0.2, 0) is 44.7 Å². The molecule has 3 saturated heterocycles. The summed E-state index contributed by atoms with van der Waals surface area (Å²) in [6.45, 7) is 3.35. The number of hydrogen-bond donors (Lipinski definition) is 3. The second-order valence-electron chi connectivity index (χ2n) is 20.0. The third-order valence-electron chi connectivity index (χ3n) is 14.8. The Morgan fingerprint density at radius 3 is 2.34 bits per heavy atom. The standard InChI is InChI=1S/C47H65Cl2F4N7O8/c1-27(2)20-33-42(65)58(4)37(22-28-21-29(48)12-13-31(28)49)43(66)59-18-8-11-35(59)38(61)54-17-7-6-10-34(39(62)56-33)57(3)41(64)32(14-19-68-5)55-40(63)36-23-30(50)24-60(36)44(67)46(47(51,52)53)25-45(26-46)15-9-16-45/h12-13,21,27,30,32-37H,6-11,14-20,22-26H2,1-5H3,(H,54,61)(H,55,63)(H,56,62)/t30-,32+,33+,34+,35-,36+,37+/m1/s1. The lowest BCUT2D eigenvalue weighted by molar-refractivity contribution is -0.285. The summed E-state index contributed by atoms with van der Waals surface area (Å²) < 4.78 is 64.4. The SMILES string of the molecule is COCC[C@H](NC(=O)[C@@H]1C[C@@H](F)CN1C(=O)C1(C(F)(F)F)CC2(CCC2)C1)C(=O)N(C)[C@H]1CCCCNC(=O)[C@H]2CCCN2C(=O)[C@H](Cc2cc(Cl)ccc2Cl)N(C)C(=O)[C@H](CC(C)C)NC1=O. The molecule has 1 spiro atoms. The number of nitrogens with zero attached hydrogens (tertiary/aromatic N) is 4. The molecular formula is C47H65Cl2F4N7O8. The van der Waals surface area contributed by atoms with Gasteiger partial charge in [-0.2, -0.15) is 13.2 Å². The van der Waals surface area contributed by atoms with Gasteiger partial charge in [0.1, 0.15) is 47.8 Å². The number of likely N-dealkylation sites (N-methyl/N-ethyl adjacent to an activating group) is 2. The zero-order chi connectivity index (χ0) is 49.9. The van der Waals surface area contributed by atoms with Gasteiger partial charge in [-0.05, 0) is 106 Å². The number of hydrogen-bond acceptors (Lipinski definition) is 8. The molecule has 0 bridgehead atoms. The molecule has 5 aliphatic rings. The first-order valence-electron chi connectivity index (χ1n) is 23.7. The van der Waals surface area contributed by atoms with Crippen LogP contribution in [0.1, 0.15) is 103 Å². The van der Waals surface area contributed by atoms with Crippen LogP contribution >= 0.6 is 23.2 Å². The van der Waals surface area contributed by atoms with Gasteiger partial charge >= 0.3 is 6.18 Å². The number of carbonyl (C=O) groups is 7. The Hall–Kier alpha value is -4.23. The van der Waals surface area contributed by atoms with Gasteiger partial charge in [0.2, 0.25) is 41.4 Å². The van der Waals surface area contributed by atoms with E-state index in [0.717, 1.165) is 11.3 Å². The monoisotopic (exact) mass is 1000 g/mol. The van der Waals surface area contributed by atoms with Crippen molar-refractivity contribution in [2.45, 2.75) is 152 Å². The predicted molar refractivity (Wildman–Crippen MR) is 244 cm³/mol. The lowest BCUT2D eigenvalue weighted by atomic mass is 9.44. The van der Waals surface area contributed by atoms with Crippen molar-refractivity contribution < 1.29 is 55.9 Å². The van der Waals surface area contributed by atoms with E-state index in [0.29, 0.717) is 59.0 Å². The van der Waals surface area contributed by atoms with E-state index in [4.69, 9.17) is 27.9 Å². The van der Waals surface area contributed by atoms with Gasteiger partial charge in [0.25, 0.3) is 0 Å². The molecule has 1 aromatic carbocycles. The van der Waals surface area contributed by atoms with Crippen LogP contribution in [-0.4, -0.2) is 157 Å². The molecule has 3 heterocycles. The van der Waals surface area contributed by atoms with Crippen molar-refractivity contribution in [1.82, 2.24) is 35.6 Å². The topological polar surface area (TPSA) is 178 Å². The molecule has 7 atom stereocenters. The maximum atomic E-state index is 15.1. The normalized spacial score (nSPS) is 27.3. The predicted octanol–water partition coefficient (Wildman–Crippen LogP) is 4.99. The highest BCUT2D eigenvalue weighted by Crippen LogP contribution is 2.69. The molecule has 21 heteroatoms. The minimum absolute atomic E-state index is 0.0344. The van der Waals surface area contributed by atoms with E-state index in [-0.39, 0.29) is 57.2 Å². The molecule has 2 saturated carbocycles. The Morgan fingerprint density at radius 2 is 1.71 bits per heavy atom. The first kappa shape index (κ1) is 53.1. The Kier molecular flexibility index (Phi) is 17.0. The van der Waals surface area contributed by atoms with E-state index in [2.05, 4.69) is 16.0 Å². The van der Waals surface area contributed by atoms with E-state index >= 15 is 4.39 Å². The molecule has 1 aromatic rings. The number of halogens is 6. The molecule has 2 aliphatic carbocycles.